The van der Waals surface area contributed by atoms with Crippen molar-refractivity contribution in [1.29, 1.82) is 0 Å². The van der Waals surface area contributed by atoms with Gasteiger partial charge in [0.2, 0.25) is 0 Å². The highest BCUT2D eigenvalue weighted by atomic mass is 32.2. The highest BCUT2D eigenvalue weighted by Crippen LogP contribution is 2.30. The fourth-order valence-electron chi connectivity index (χ4n) is 2.50. The number of carboxylic acid groups (broad SMARTS) is 1. The Morgan fingerprint density at radius 3 is 2.73 bits per heavy atom. The number of carbonyl (C=O) groups is 2. The number of hydrogen-bond donors (Lipinski definition) is 2. The second kappa shape index (κ2) is 8.05. The quantitative estimate of drug-likeness (QED) is 0.758. The van der Waals surface area contributed by atoms with Gasteiger partial charge in [-0.1, -0.05) is 37.3 Å². The van der Waals surface area contributed by atoms with Gasteiger partial charge in [0.15, 0.2) is 5.17 Å². The van der Waals surface area contributed by atoms with Gasteiger partial charge in [-0.15, -0.1) is 0 Å². The van der Waals surface area contributed by atoms with E-state index in [-0.39, 0.29) is 12.3 Å². The molecule has 1 atom stereocenters. The van der Waals surface area contributed by atoms with E-state index in [1.54, 1.807) is 6.08 Å². The molecule has 0 radical (unpaired) electrons. The van der Waals surface area contributed by atoms with E-state index in [4.69, 9.17) is 9.52 Å². The maximum Gasteiger partial charge on any atom is 0.305 e. The number of rotatable bonds is 6. The molecule has 1 aliphatic heterocycles. The number of nitrogens with zero attached hydrogens (tertiary/aromatic N) is 1. The molecule has 2 heterocycles. The van der Waals surface area contributed by atoms with E-state index in [0.717, 1.165) is 17.7 Å². The minimum Gasteiger partial charge on any atom is -0.481 e. The maximum atomic E-state index is 12.2. The first-order valence-electron chi connectivity index (χ1n) is 8.19. The first kappa shape index (κ1) is 18.0. The van der Waals surface area contributed by atoms with E-state index in [2.05, 4.69) is 10.3 Å². The lowest BCUT2D eigenvalue weighted by Crippen LogP contribution is -2.21. The van der Waals surface area contributed by atoms with Crippen LogP contribution in [0.1, 0.15) is 36.5 Å². The van der Waals surface area contributed by atoms with Crippen molar-refractivity contribution in [3.63, 3.8) is 0 Å². The van der Waals surface area contributed by atoms with E-state index >= 15 is 0 Å². The van der Waals surface area contributed by atoms with E-state index < -0.39 is 12.0 Å². The van der Waals surface area contributed by atoms with Crippen LogP contribution in [0.25, 0.3) is 6.08 Å². The van der Waals surface area contributed by atoms with Gasteiger partial charge in [0.05, 0.1) is 17.4 Å². The van der Waals surface area contributed by atoms with Crippen molar-refractivity contribution >= 4 is 34.9 Å². The zero-order valence-electron chi connectivity index (χ0n) is 14.1. The number of aliphatic imine (C=N–C) groups is 1. The molecule has 1 saturated heterocycles. The van der Waals surface area contributed by atoms with Gasteiger partial charge in [-0.25, -0.2) is 0 Å². The molecular weight excluding hydrogens is 352 g/mol. The summed E-state index contributed by atoms with van der Waals surface area (Å²) in [4.78, 5) is 28.2. The molecule has 0 saturated carbocycles. The molecule has 7 heteroatoms. The number of hydrogen-bond acceptors (Lipinski definition) is 5. The van der Waals surface area contributed by atoms with Crippen LogP contribution in [0.3, 0.4) is 0 Å². The molecule has 26 heavy (non-hydrogen) atoms. The van der Waals surface area contributed by atoms with Crippen molar-refractivity contribution in [2.45, 2.75) is 25.8 Å². The Hall–Kier alpha value is -2.80. The number of carbonyl (C=O) groups excluding carboxylic acids is 1. The smallest absolute Gasteiger partial charge is 0.305 e. The number of furan rings is 1. The molecule has 0 bridgehead atoms. The molecule has 1 aliphatic rings. The summed E-state index contributed by atoms with van der Waals surface area (Å²) in [6.45, 7) is 1.99. The van der Waals surface area contributed by atoms with Crippen molar-refractivity contribution in [1.82, 2.24) is 5.32 Å². The van der Waals surface area contributed by atoms with E-state index in [9.17, 15) is 9.59 Å². The molecular formula is C19H18N2O4S. The summed E-state index contributed by atoms with van der Waals surface area (Å²) in [5, 5.41) is 12.2. The highest BCUT2D eigenvalue weighted by Gasteiger charge is 2.26. The molecule has 2 N–H and O–H groups in total. The standard InChI is InChI=1S/C19H18N2O4S/c1-2-13-8-9-14(25-13)10-16-18(24)21-19(26-16)20-15(11-17(22)23)12-6-4-3-5-7-12/h3-10,15H,2,11H2,1H3,(H,22,23)(H,20,21,24)/b16-10-/t15-/m1/s1. The predicted molar refractivity (Wildman–Crippen MR) is 101 cm³/mol. The number of carboxylic acids is 1. The molecule has 0 spiro atoms. The summed E-state index contributed by atoms with van der Waals surface area (Å²) in [5.41, 5.74) is 0.785. The molecule has 2 aromatic rings. The number of amides is 1. The fraction of sp³-hybridized carbons (Fsp3) is 0.211. The number of aryl methyl sites for hydroxylation is 1. The summed E-state index contributed by atoms with van der Waals surface area (Å²) < 4.78 is 5.59. The average molecular weight is 370 g/mol. The fourth-order valence-corrected chi connectivity index (χ4v) is 3.35. The van der Waals surface area contributed by atoms with Gasteiger partial charge in [0.1, 0.15) is 11.5 Å². The molecule has 6 nitrogen and oxygen atoms in total. The van der Waals surface area contributed by atoms with Gasteiger partial charge in [-0.2, -0.15) is 0 Å². The number of thioether (sulfide) groups is 1. The monoisotopic (exact) mass is 370 g/mol. The zero-order valence-corrected chi connectivity index (χ0v) is 15.0. The second-order valence-corrected chi connectivity index (χ2v) is 6.71. The predicted octanol–water partition coefficient (Wildman–Crippen LogP) is 3.62. The third-order valence-corrected chi connectivity index (χ3v) is 4.70. The Labute approximate surface area is 155 Å². The lowest BCUT2D eigenvalue weighted by Gasteiger charge is -2.11. The van der Waals surface area contributed by atoms with Crippen molar-refractivity contribution in [3.8, 4) is 0 Å². The van der Waals surface area contributed by atoms with Gasteiger partial charge in [-0.05, 0) is 29.5 Å². The van der Waals surface area contributed by atoms with Crippen LogP contribution in [0.5, 0.6) is 0 Å². The zero-order chi connectivity index (χ0) is 18.5. The van der Waals surface area contributed by atoms with Crippen molar-refractivity contribution in [3.05, 3.63) is 64.5 Å². The maximum absolute atomic E-state index is 12.2. The topological polar surface area (TPSA) is 91.9 Å². The van der Waals surface area contributed by atoms with Crippen LogP contribution in [-0.4, -0.2) is 22.2 Å². The SMILES string of the molecule is CCc1ccc(/C=C2\SC(=N[C@H](CC(=O)O)c3ccccc3)NC2=O)o1. The van der Waals surface area contributed by atoms with Gasteiger partial charge >= 0.3 is 5.97 Å². The number of nitrogens with one attached hydrogen (secondary N) is 1. The third kappa shape index (κ3) is 4.43. The van der Waals surface area contributed by atoms with Gasteiger partial charge < -0.3 is 14.8 Å². The molecule has 1 amide bonds. The van der Waals surface area contributed by atoms with Crippen LogP contribution in [0.4, 0.5) is 0 Å². The molecule has 1 fully saturated rings. The summed E-state index contributed by atoms with van der Waals surface area (Å²) in [6.07, 6.45) is 2.29. The lowest BCUT2D eigenvalue weighted by molar-refractivity contribution is -0.137. The molecule has 0 aliphatic carbocycles. The van der Waals surface area contributed by atoms with Crippen molar-refractivity contribution in [2.75, 3.05) is 0 Å². The Morgan fingerprint density at radius 2 is 2.08 bits per heavy atom. The van der Waals surface area contributed by atoms with Gasteiger partial charge in [0, 0.05) is 12.5 Å². The Balaban J connectivity index is 1.81. The lowest BCUT2D eigenvalue weighted by atomic mass is 10.0. The number of benzene rings is 1. The minimum absolute atomic E-state index is 0.152. The van der Waals surface area contributed by atoms with E-state index in [1.165, 1.54) is 11.8 Å². The Bertz CT molecular complexity index is 871. The van der Waals surface area contributed by atoms with Crippen LogP contribution >= 0.6 is 11.8 Å². The molecule has 134 valence electrons. The Kier molecular flexibility index (Phi) is 5.58. The molecule has 3 rings (SSSR count). The number of aliphatic carboxylic acids is 1. The van der Waals surface area contributed by atoms with E-state index in [0.29, 0.717) is 15.8 Å². The van der Waals surface area contributed by atoms with Crippen LogP contribution in [0.2, 0.25) is 0 Å². The van der Waals surface area contributed by atoms with Gasteiger partial charge in [0.25, 0.3) is 5.91 Å². The summed E-state index contributed by atoms with van der Waals surface area (Å²) in [6, 6.07) is 12.3. The largest absolute Gasteiger partial charge is 0.481 e. The van der Waals surface area contributed by atoms with Crippen LogP contribution in [0, 0.1) is 0 Å². The van der Waals surface area contributed by atoms with Crippen molar-refractivity contribution in [2.24, 2.45) is 4.99 Å². The molecule has 1 aromatic carbocycles. The van der Waals surface area contributed by atoms with Crippen LogP contribution in [-0.2, 0) is 16.0 Å². The van der Waals surface area contributed by atoms with Crippen LogP contribution in [0.15, 0.2) is 56.8 Å². The summed E-state index contributed by atoms with van der Waals surface area (Å²) in [5.74, 6) is 0.229. The first-order valence-corrected chi connectivity index (χ1v) is 9.01. The summed E-state index contributed by atoms with van der Waals surface area (Å²) >= 11 is 1.18. The van der Waals surface area contributed by atoms with E-state index in [1.807, 2.05) is 49.4 Å². The minimum atomic E-state index is -0.948. The third-order valence-electron chi connectivity index (χ3n) is 3.78. The molecule has 1 aromatic heterocycles. The number of amidine groups is 1. The molecule has 0 unspecified atom stereocenters. The normalized spacial score (nSPS) is 18.3. The highest BCUT2D eigenvalue weighted by molar-refractivity contribution is 8.18. The Morgan fingerprint density at radius 1 is 1.31 bits per heavy atom. The summed E-state index contributed by atoms with van der Waals surface area (Å²) in [7, 11) is 0. The van der Waals surface area contributed by atoms with Crippen molar-refractivity contribution < 1.29 is 19.1 Å². The van der Waals surface area contributed by atoms with Crippen LogP contribution < -0.4 is 5.32 Å². The second-order valence-electron chi connectivity index (χ2n) is 5.68. The average Bonchev–Trinajstić information content (AvgIpc) is 3.21. The first-order chi connectivity index (χ1) is 12.5. The van der Waals surface area contributed by atoms with Gasteiger partial charge in [-0.3, -0.25) is 14.6 Å².